The Kier molecular flexibility index (Phi) is 5.01. The van der Waals surface area contributed by atoms with Gasteiger partial charge in [0.25, 0.3) is 0 Å². The standard InChI is InChI=1S/C22H20ClFN4/c1-3-10-28-21-12-16(24)6-9-20(21)27-22(28)15-5-8-19(18(23)11-15)26-17-7-4-14(2)25-13-17/h4-9,11-13,26H,3,10H2,1-2H3. The molecule has 0 bridgehead atoms. The first-order chi connectivity index (χ1) is 13.5. The monoisotopic (exact) mass is 394 g/mol. The summed E-state index contributed by atoms with van der Waals surface area (Å²) in [6, 6.07) is 14.4. The number of imidazole rings is 1. The first-order valence-corrected chi connectivity index (χ1v) is 9.58. The van der Waals surface area contributed by atoms with Gasteiger partial charge < -0.3 is 9.88 Å². The Balaban J connectivity index is 1.72. The molecule has 0 atom stereocenters. The van der Waals surface area contributed by atoms with Crippen molar-refractivity contribution in [2.24, 2.45) is 0 Å². The number of anilines is 2. The average molecular weight is 395 g/mol. The molecule has 6 heteroatoms. The molecule has 0 aliphatic rings. The molecule has 0 aliphatic heterocycles. The predicted octanol–water partition coefficient (Wildman–Crippen LogP) is 6.35. The molecule has 142 valence electrons. The number of aromatic nitrogens is 3. The van der Waals surface area contributed by atoms with E-state index < -0.39 is 0 Å². The molecule has 2 heterocycles. The molecular weight excluding hydrogens is 375 g/mol. The second-order valence-electron chi connectivity index (χ2n) is 6.73. The van der Waals surface area contributed by atoms with Gasteiger partial charge in [0.1, 0.15) is 11.6 Å². The SMILES string of the molecule is CCCn1c(-c2ccc(Nc3ccc(C)nc3)c(Cl)c2)nc2ccc(F)cc21. The zero-order valence-corrected chi connectivity index (χ0v) is 16.5. The van der Waals surface area contributed by atoms with Gasteiger partial charge in [0, 0.05) is 17.8 Å². The summed E-state index contributed by atoms with van der Waals surface area (Å²) in [7, 11) is 0. The minimum Gasteiger partial charge on any atom is -0.353 e. The number of nitrogens with one attached hydrogen (secondary N) is 1. The van der Waals surface area contributed by atoms with Crippen molar-refractivity contribution >= 4 is 34.0 Å². The fraction of sp³-hybridized carbons (Fsp3) is 0.182. The number of fused-ring (bicyclic) bond motifs is 1. The molecule has 4 nitrogen and oxygen atoms in total. The van der Waals surface area contributed by atoms with Crippen LogP contribution in [0.15, 0.2) is 54.7 Å². The number of halogens is 2. The van der Waals surface area contributed by atoms with Crippen LogP contribution in [0.25, 0.3) is 22.4 Å². The van der Waals surface area contributed by atoms with Crippen LogP contribution in [-0.2, 0) is 6.54 Å². The Labute approximate surface area is 168 Å². The van der Waals surface area contributed by atoms with E-state index in [0.29, 0.717) is 5.02 Å². The van der Waals surface area contributed by atoms with E-state index in [-0.39, 0.29) is 5.82 Å². The third-order valence-electron chi connectivity index (χ3n) is 4.58. The highest BCUT2D eigenvalue weighted by Gasteiger charge is 2.14. The zero-order valence-electron chi connectivity index (χ0n) is 15.7. The van der Waals surface area contributed by atoms with Crippen LogP contribution in [0.4, 0.5) is 15.8 Å². The molecule has 1 N–H and O–H groups in total. The number of pyridine rings is 1. The highest BCUT2D eigenvalue weighted by molar-refractivity contribution is 6.33. The molecule has 2 aromatic heterocycles. The van der Waals surface area contributed by atoms with Crippen molar-refractivity contribution in [1.29, 1.82) is 0 Å². The lowest BCUT2D eigenvalue weighted by atomic mass is 10.2. The van der Waals surface area contributed by atoms with Crippen LogP contribution in [0.5, 0.6) is 0 Å². The lowest BCUT2D eigenvalue weighted by Gasteiger charge is -2.11. The minimum atomic E-state index is -0.263. The maximum Gasteiger partial charge on any atom is 0.141 e. The number of hydrogen-bond acceptors (Lipinski definition) is 3. The summed E-state index contributed by atoms with van der Waals surface area (Å²) in [4.78, 5) is 9.00. The molecule has 0 aliphatic carbocycles. The van der Waals surface area contributed by atoms with Crippen molar-refractivity contribution in [3.05, 3.63) is 71.3 Å². The van der Waals surface area contributed by atoms with Gasteiger partial charge in [-0.3, -0.25) is 4.98 Å². The van der Waals surface area contributed by atoms with E-state index in [1.807, 2.05) is 41.8 Å². The van der Waals surface area contributed by atoms with E-state index in [4.69, 9.17) is 16.6 Å². The topological polar surface area (TPSA) is 42.7 Å². The number of nitrogens with zero attached hydrogens (tertiary/aromatic N) is 3. The Morgan fingerprint density at radius 2 is 1.96 bits per heavy atom. The maximum atomic E-state index is 13.7. The smallest absolute Gasteiger partial charge is 0.141 e. The summed E-state index contributed by atoms with van der Waals surface area (Å²) < 4.78 is 15.8. The van der Waals surface area contributed by atoms with Crippen LogP contribution in [0.1, 0.15) is 19.0 Å². The van der Waals surface area contributed by atoms with Gasteiger partial charge >= 0.3 is 0 Å². The van der Waals surface area contributed by atoms with Gasteiger partial charge in [-0.25, -0.2) is 9.37 Å². The highest BCUT2D eigenvalue weighted by Crippen LogP contribution is 2.32. The number of benzene rings is 2. The fourth-order valence-electron chi connectivity index (χ4n) is 3.22. The van der Waals surface area contributed by atoms with E-state index in [9.17, 15) is 4.39 Å². The summed E-state index contributed by atoms with van der Waals surface area (Å²) in [5.41, 5.74) is 5.07. The van der Waals surface area contributed by atoms with Gasteiger partial charge in [-0.1, -0.05) is 18.5 Å². The van der Waals surface area contributed by atoms with Gasteiger partial charge in [0.2, 0.25) is 0 Å². The van der Waals surface area contributed by atoms with Gasteiger partial charge in [-0.15, -0.1) is 0 Å². The van der Waals surface area contributed by atoms with Crippen LogP contribution in [0, 0.1) is 12.7 Å². The van der Waals surface area contributed by atoms with Crippen molar-refractivity contribution in [2.75, 3.05) is 5.32 Å². The number of rotatable bonds is 5. The van der Waals surface area contributed by atoms with Crippen LogP contribution in [0.3, 0.4) is 0 Å². The summed E-state index contributed by atoms with van der Waals surface area (Å²) in [6.45, 7) is 4.78. The molecule has 0 radical (unpaired) electrons. The molecule has 0 fully saturated rings. The molecule has 28 heavy (non-hydrogen) atoms. The molecule has 4 rings (SSSR count). The molecule has 0 saturated carbocycles. The molecule has 4 aromatic rings. The Morgan fingerprint density at radius 1 is 1.11 bits per heavy atom. The van der Waals surface area contributed by atoms with Crippen LogP contribution >= 0.6 is 11.6 Å². The fourth-order valence-corrected chi connectivity index (χ4v) is 3.45. The van der Waals surface area contributed by atoms with E-state index >= 15 is 0 Å². The summed E-state index contributed by atoms with van der Waals surface area (Å²) >= 11 is 6.53. The summed E-state index contributed by atoms with van der Waals surface area (Å²) in [5, 5.41) is 3.86. The number of hydrogen-bond donors (Lipinski definition) is 1. The quantitative estimate of drug-likeness (QED) is 0.428. The van der Waals surface area contributed by atoms with Crippen LogP contribution < -0.4 is 5.32 Å². The molecule has 0 saturated heterocycles. The predicted molar refractivity (Wildman–Crippen MR) is 113 cm³/mol. The number of aryl methyl sites for hydroxylation is 2. The Bertz CT molecular complexity index is 1140. The van der Waals surface area contributed by atoms with Crippen molar-refractivity contribution in [1.82, 2.24) is 14.5 Å². The molecule has 0 spiro atoms. The van der Waals surface area contributed by atoms with Crippen molar-refractivity contribution in [2.45, 2.75) is 26.8 Å². The second kappa shape index (κ2) is 7.60. The summed E-state index contributed by atoms with van der Waals surface area (Å²) in [6.07, 6.45) is 2.69. The lowest BCUT2D eigenvalue weighted by molar-refractivity contribution is 0.627. The average Bonchev–Trinajstić information content (AvgIpc) is 3.03. The van der Waals surface area contributed by atoms with Crippen molar-refractivity contribution < 1.29 is 4.39 Å². The maximum absolute atomic E-state index is 13.7. The minimum absolute atomic E-state index is 0.263. The van der Waals surface area contributed by atoms with Crippen molar-refractivity contribution in [3.8, 4) is 11.4 Å². The third-order valence-corrected chi connectivity index (χ3v) is 4.89. The molecule has 2 aromatic carbocycles. The van der Waals surface area contributed by atoms with Gasteiger partial charge in [-0.2, -0.15) is 0 Å². The van der Waals surface area contributed by atoms with Gasteiger partial charge in [0.05, 0.1) is 33.6 Å². The van der Waals surface area contributed by atoms with Crippen LogP contribution in [-0.4, -0.2) is 14.5 Å². The first-order valence-electron chi connectivity index (χ1n) is 9.20. The van der Waals surface area contributed by atoms with E-state index in [0.717, 1.165) is 52.5 Å². The normalized spacial score (nSPS) is 11.1. The largest absolute Gasteiger partial charge is 0.353 e. The van der Waals surface area contributed by atoms with Gasteiger partial charge in [-0.05, 0) is 61.9 Å². The van der Waals surface area contributed by atoms with E-state index in [2.05, 4.69) is 17.2 Å². The van der Waals surface area contributed by atoms with E-state index in [1.165, 1.54) is 12.1 Å². The lowest BCUT2D eigenvalue weighted by Crippen LogP contribution is -2.00. The zero-order chi connectivity index (χ0) is 19.7. The molecule has 0 amide bonds. The molecular formula is C22H20ClFN4. The molecule has 0 unspecified atom stereocenters. The van der Waals surface area contributed by atoms with Crippen molar-refractivity contribution in [3.63, 3.8) is 0 Å². The Morgan fingerprint density at radius 3 is 2.68 bits per heavy atom. The third kappa shape index (κ3) is 3.58. The Hall–Kier alpha value is -2.92. The van der Waals surface area contributed by atoms with E-state index in [1.54, 1.807) is 12.3 Å². The summed E-state index contributed by atoms with van der Waals surface area (Å²) in [5.74, 6) is 0.522. The first kappa shape index (κ1) is 18.4. The van der Waals surface area contributed by atoms with Gasteiger partial charge in [0.15, 0.2) is 0 Å². The highest BCUT2D eigenvalue weighted by atomic mass is 35.5. The van der Waals surface area contributed by atoms with Crippen LogP contribution in [0.2, 0.25) is 5.02 Å². The second-order valence-corrected chi connectivity index (χ2v) is 7.14.